The van der Waals surface area contributed by atoms with E-state index in [0.29, 0.717) is 6.07 Å². The van der Waals surface area contributed by atoms with Crippen molar-refractivity contribution >= 4 is 11.7 Å². The van der Waals surface area contributed by atoms with E-state index in [1.165, 1.54) is 0 Å². The minimum atomic E-state index is -3.08. The maximum atomic E-state index is 12.9. The fraction of sp³-hybridized carbons (Fsp3) is 0.143. The molecule has 0 aliphatic rings. The average molecular weight is 205 g/mol. The molecule has 1 heterocycles. The van der Waals surface area contributed by atoms with E-state index in [9.17, 15) is 18.0 Å². The van der Waals surface area contributed by atoms with Gasteiger partial charge in [0, 0.05) is 6.07 Å². The highest BCUT2D eigenvalue weighted by Gasteiger charge is 2.20. The highest BCUT2D eigenvalue weighted by Crippen LogP contribution is 2.26. The first-order valence-corrected chi connectivity index (χ1v) is 3.47. The molecule has 0 radical (unpaired) electrons. The van der Waals surface area contributed by atoms with Gasteiger partial charge in [-0.3, -0.25) is 4.79 Å². The van der Waals surface area contributed by atoms with Crippen LogP contribution in [0.15, 0.2) is 6.07 Å². The highest BCUT2D eigenvalue weighted by atomic mass is 19.3. The molecule has 0 atom stereocenters. The van der Waals surface area contributed by atoms with Gasteiger partial charge in [-0.25, -0.2) is 18.2 Å². The summed E-state index contributed by atoms with van der Waals surface area (Å²) in [5, 5.41) is 0. The molecule has 0 aliphatic heterocycles. The lowest BCUT2D eigenvalue weighted by Gasteiger charge is -2.06. The zero-order chi connectivity index (χ0) is 10.9. The van der Waals surface area contributed by atoms with E-state index in [2.05, 4.69) is 4.98 Å². The number of primary amides is 1. The van der Waals surface area contributed by atoms with Crippen molar-refractivity contribution in [3.63, 3.8) is 0 Å². The van der Waals surface area contributed by atoms with E-state index in [1.54, 1.807) is 0 Å². The second-order valence-electron chi connectivity index (χ2n) is 2.45. The molecule has 0 bridgehead atoms. The minimum Gasteiger partial charge on any atom is -0.383 e. The summed E-state index contributed by atoms with van der Waals surface area (Å²) in [6.07, 6.45) is -3.08. The summed E-state index contributed by atoms with van der Waals surface area (Å²) in [5.74, 6) is -3.05. The number of hydrogen-bond donors (Lipinski definition) is 2. The van der Waals surface area contributed by atoms with Crippen LogP contribution in [-0.2, 0) is 0 Å². The molecule has 76 valence electrons. The number of nitrogens with two attached hydrogens (primary N) is 2. The maximum Gasteiger partial charge on any atom is 0.270 e. The van der Waals surface area contributed by atoms with Gasteiger partial charge in [0.05, 0.1) is 5.56 Å². The van der Waals surface area contributed by atoms with Gasteiger partial charge < -0.3 is 11.5 Å². The van der Waals surface area contributed by atoms with Crippen molar-refractivity contribution in [3.05, 3.63) is 23.1 Å². The van der Waals surface area contributed by atoms with Crippen molar-refractivity contribution < 1.29 is 18.0 Å². The predicted molar refractivity (Wildman–Crippen MR) is 42.1 cm³/mol. The summed E-state index contributed by atoms with van der Waals surface area (Å²) in [7, 11) is 0. The molecular formula is C7H6F3N3O. The third kappa shape index (κ3) is 1.76. The fourth-order valence-electron chi connectivity index (χ4n) is 0.885. The van der Waals surface area contributed by atoms with Crippen LogP contribution >= 0.6 is 0 Å². The Morgan fingerprint density at radius 3 is 2.43 bits per heavy atom. The topological polar surface area (TPSA) is 82.0 Å². The molecule has 14 heavy (non-hydrogen) atoms. The van der Waals surface area contributed by atoms with E-state index in [-0.39, 0.29) is 0 Å². The van der Waals surface area contributed by atoms with Gasteiger partial charge in [-0.15, -0.1) is 0 Å². The lowest BCUT2D eigenvalue weighted by Crippen LogP contribution is -2.16. The molecule has 0 aromatic carbocycles. The Kier molecular flexibility index (Phi) is 2.59. The number of halogens is 3. The van der Waals surface area contributed by atoms with Crippen LogP contribution in [0.4, 0.5) is 19.0 Å². The van der Waals surface area contributed by atoms with Crippen molar-refractivity contribution in [2.24, 2.45) is 5.73 Å². The van der Waals surface area contributed by atoms with Crippen LogP contribution in [0.1, 0.15) is 22.5 Å². The highest BCUT2D eigenvalue weighted by molar-refractivity contribution is 5.91. The summed E-state index contributed by atoms with van der Waals surface area (Å²) in [4.78, 5) is 13.8. The van der Waals surface area contributed by atoms with Crippen LogP contribution in [0.25, 0.3) is 0 Å². The van der Waals surface area contributed by atoms with Gasteiger partial charge >= 0.3 is 0 Å². The SMILES string of the molecule is NC(=O)c1cc(F)c(C(F)F)c(N)n1. The van der Waals surface area contributed by atoms with Gasteiger partial charge in [0.2, 0.25) is 0 Å². The number of alkyl halides is 2. The Morgan fingerprint density at radius 1 is 1.50 bits per heavy atom. The van der Waals surface area contributed by atoms with Crippen molar-refractivity contribution in [2.75, 3.05) is 5.73 Å². The van der Waals surface area contributed by atoms with Crippen molar-refractivity contribution in [1.29, 1.82) is 0 Å². The number of hydrogen-bond acceptors (Lipinski definition) is 3. The molecule has 1 aromatic heterocycles. The van der Waals surface area contributed by atoms with Gasteiger partial charge in [-0.2, -0.15) is 0 Å². The van der Waals surface area contributed by atoms with Crippen LogP contribution in [-0.4, -0.2) is 10.9 Å². The standard InChI is InChI=1S/C7H6F3N3O/c8-2-1-3(7(12)14)13-6(11)4(2)5(9)10/h1,5H,(H2,11,13)(H2,12,14). The Bertz CT molecular complexity index is 357. The molecule has 0 aliphatic carbocycles. The largest absolute Gasteiger partial charge is 0.383 e. The van der Waals surface area contributed by atoms with Gasteiger partial charge in [0.25, 0.3) is 12.3 Å². The maximum absolute atomic E-state index is 12.9. The van der Waals surface area contributed by atoms with Gasteiger partial charge in [-0.05, 0) is 0 Å². The number of carbonyl (C=O) groups is 1. The third-order valence-electron chi connectivity index (χ3n) is 1.51. The van der Waals surface area contributed by atoms with Crippen LogP contribution in [0.2, 0.25) is 0 Å². The summed E-state index contributed by atoms with van der Waals surface area (Å²) >= 11 is 0. The quantitative estimate of drug-likeness (QED) is 0.750. The predicted octanol–water partition coefficient (Wildman–Crippen LogP) is 0.839. The Balaban J connectivity index is 3.32. The Hall–Kier alpha value is -1.79. The molecule has 4 N–H and O–H groups in total. The normalized spacial score (nSPS) is 10.6. The molecule has 1 rings (SSSR count). The van der Waals surface area contributed by atoms with Crippen LogP contribution < -0.4 is 11.5 Å². The third-order valence-corrected chi connectivity index (χ3v) is 1.51. The molecule has 0 saturated heterocycles. The summed E-state index contributed by atoms with van der Waals surface area (Å²) in [5.41, 5.74) is 8.29. The van der Waals surface area contributed by atoms with E-state index >= 15 is 0 Å². The summed E-state index contributed by atoms with van der Waals surface area (Å²) in [6.45, 7) is 0. The number of aromatic nitrogens is 1. The number of anilines is 1. The molecular weight excluding hydrogens is 199 g/mol. The number of carbonyl (C=O) groups excluding carboxylic acids is 1. The van der Waals surface area contributed by atoms with Gasteiger partial charge in [-0.1, -0.05) is 0 Å². The first-order chi connectivity index (χ1) is 6.43. The minimum absolute atomic E-state index is 0.482. The molecule has 1 aromatic rings. The Labute approximate surface area is 76.7 Å². The molecule has 1 amide bonds. The van der Waals surface area contributed by atoms with E-state index < -0.39 is 35.2 Å². The fourth-order valence-corrected chi connectivity index (χ4v) is 0.885. The van der Waals surface area contributed by atoms with Crippen LogP contribution in [0.5, 0.6) is 0 Å². The van der Waals surface area contributed by atoms with E-state index in [1.807, 2.05) is 0 Å². The summed E-state index contributed by atoms with van der Waals surface area (Å²) in [6, 6.07) is 0.528. The lowest BCUT2D eigenvalue weighted by molar-refractivity contribution is 0.0994. The number of rotatable bonds is 2. The number of amides is 1. The molecule has 4 nitrogen and oxygen atoms in total. The van der Waals surface area contributed by atoms with Gasteiger partial charge in [0.15, 0.2) is 0 Å². The van der Waals surface area contributed by atoms with E-state index in [4.69, 9.17) is 11.5 Å². The zero-order valence-electron chi connectivity index (χ0n) is 6.80. The number of pyridine rings is 1. The first kappa shape index (κ1) is 10.3. The van der Waals surface area contributed by atoms with Gasteiger partial charge in [0.1, 0.15) is 17.3 Å². The smallest absolute Gasteiger partial charge is 0.270 e. The first-order valence-electron chi connectivity index (χ1n) is 3.47. The average Bonchev–Trinajstić information content (AvgIpc) is 2.01. The zero-order valence-corrected chi connectivity index (χ0v) is 6.80. The lowest BCUT2D eigenvalue weighted by atomic mass is 10.2. The number of nitrogens with zero attached hydrogens (tertiary/aromatic N) is 1. The molecule has 0 unspecified atom stereocenters. The summed E-state index contributed by atoms with van der Waals surface area (Å²) < 4.78 is 37.2. The van der Waals surface area contributed by atoms with Crippen molar-refractivity contribution in [1.82, 2.24) is 4.98 Å². The molecule has 0 fully saturated rings. The number of nitrogen functional groups attached to an aromatic ring is 1. The van der Waals surface area contributed by atoms with E-state index in [0.717, 1.165) is 0 Å². The second kappa shape index (κ2) is 3.52. The Morgan fingerprint density at radius 2 is 2.07 bits per heavy atom. The monoisotopic (exact) mass is 205 g/mol. The second-order valence-corrected chi connectivity index (χ2v) is 2.45. The van der Waals surface area contributed by atoms with Crippen molar-refractivity contribution in [3.8, 4) is 0 Å². The molecule has 0 spiro atoms. The van der Waals surface area contributed by atoms with Crippen LogP contribution in [0.3, 0.4) is 0 Å². The van der Waals surface area contributed by atoms with Crippen molar-refractivity contribution in [2.45, 2.75) is 6.43 Å². The molecule has 7 heteroatoms. The van der Waals surface area contributed by atoms with Crippen LogP contribution in [0, 0.1) is 5.82 Å². The molecule has 0 saturated carbocycles.